The number of para-hydroxylation sites is 2. The van der Waals surface area contributed by atoms with Gasteiger partial charge in [-0.1, -0.05) is 12.1 Å². The number of hydrogen-bond donors (Lipinski definition) is 1. The molecule has 0 atom stereocenters. The second kappa shape index (κ2) is 3.70. The maximum atomic E-state index is 6.09. The average Bonchev–Trinajstić information content (AvgIpc) is 2.62. The van der Waals surface area contributed by atoms with Gasteiger partial charge in [0.15, 0.2) is 11.4 Å². The second-order valence-corrected chi connectivity index (χ2v) is 4.74. The minimum Gasteiger partial charge on any atom is -0.427 e. The van der Waals surface area contributed by atoms with E-state index < -0.39 is 0 Å². The van der Waals surface area contributed by atoms with Gasteiger partial charge in [-0.15, -0.1) is 0 Å². The van der Waals surface area contributed by atoms with Gasteiger partial charge in [-0.3, -0.25) is 0 Å². The smallest absolute Gasteiger partial charge is 0.317 e. The van der Waals surface area contributed by atoms with E-state index in [1.165, 1.54) is 0 Å². The van der Waals surface area contributed by atoms with Gasteiger partial charge in [-0.25, -0.2) is 0 Å². The van der Waals surface area contributed by atoms with E-state index in [1.54, 1.807) is 0 Å². The fourth-order valence-electron chi connectivity index (χ4n) is 2.32. The van der Waals surface area contributed by atoms with E-state index in [2.05, 4.69) is 18.7 Å². The Hall–Kier alpha value is -2.10. The minimum atomic E-state index is 0.271. The lowest BCUT2D eigenvalue weighted by atomic mass is 10.1. The largest absolute Gasteiger partial charge is 0.427 e. The Balaban J connectivity index is 2.25. The normalized spacial score (nSPS) is 13.2. The van der Waals surface area contributed by atoms with Crippen molar-refractivity contribution >= 4 is 17.1 Å². The molecule has 2 N–H and O–H groups in total. The Bertz CT molecular complexity index is 602. The molecule has 2 aromatic rings. The molecule has 3 rings (SSSR count). The first kappa shape index (κ1) is 11.0. The maximum Gasteiger partial charge on any atom is 0.317 e. The van der Waals surface area contributed by atoms with Crippen molar-refractivity contribution in [1.29, 1.82) is 0 Å². The van der Waals surface area contributed by atoms with E-state index in [0.717, 1.165) is 17.1 Å². The van der Waals surface area contributed by atoms with Crippen LogP contribution in [0.15, 0.2) is 28.7 Å². The number of nitrogens with two attached hydrogens (primary N) is 1. The first-order valence-corrected chi connectivity index (χ1v) is 6.04. The molecule has 0 saturated carbocycles. The quantitative estimate of drug-likeness (QED) is 0.828. The topological polar surface area (TPSA) is 51.6 Å². The molecule has 94 valence electrons. The van der Waals surface area contributed by atoms with Gasteiger partial charge >= 0.3 is 5.95 Å². The van der Waals surface area contributed by atoms with Gasteiger partial charge in [-0.2, -0.15) is 0 Å². The van der Waals surface area contributed by atoms with Gasteiger partial charge in [0.05, 0.1) is 5.69 Å². The van der Waals surface area contributed by atoms with Crippen LogP contribution in [-0.2, 0) is 0 Å². The van der Waals surface area contributed by atoms with E-state index >= 15 is 0 Å². The highest BCUT2D eigenvalue weighted by atomic mass is 16.6. The lowest BCUT2D eigenvalue weighted by molar-refractivity contribution is 0.333. The number of nitrogens with zero attached hydrogens (tertiary/aromatic N) is 1. The van der Waals surface area contributed by atoms with Crippen molar-refractivity contribution in [2.45, 2.75) is 26.8 Å². The van der Waals surface area contributed by atoms with Gasteiger partial charge in [0, 0.05) is 6.04 Å². The molecule has 0 aliphatic carbocycles. The molecule has 0 spiro atoms. The second-order valence-electron chi connectivity index (χ2n) is 4.74. The van der Waals surface area contributed by atoms with Crippen LogP contribution >= 0.6 is 0 Å². The molecule has 18 heavy (non-hydrogen) atoms. The Morgan fingerprint density at radius 1 is 1.22 bits per heavy atom. The molecule has 1 aromatic carbocycles. The summed E-state index contributed by atoms with van der Waals surface area (Å²) in [4.78, 5) is 2.15. The Labute approximate surface area is 106 Å². The molecule has 0 unspecified atom stereocenters. The zero-order chi connectivity index (χ0) is 12.9. The predicted molar refractivity (Wildman–Crippen MR) is 71.6 cm³/mol. The van der Waals surface area contributed by atoms with Crippen molar-refractivity contribution in [3.8, 4) is 11.7 Å². The predicted octanol–water partition coefficient (Wildman–Crippen LogP) is 3.82. The van der Waals surface area contributed by atoms with Crippen LogP contribution < -0.4 is 15.4 Å². The van der Waals surface area contributed by atoms with Gasteiger partial charge in [0.25, 0.3) is 0 Å². The number of furan rings is 1. The van der Waals surface area contributed by atoms with Crippen molar-refractivity contribution < 1.29 is 9.15 Å². The molecular weight excluding hydrogens is 228 g/mol. The van der Waals surface area contributed by atoms with Crippen molar-refractivity contribution in [1.82, 2.24) is 0 Å². The highest BCUT2D eigenvalue weighted by Crippen LogP contribution is 2.52. The van der Waals surface area contributed by atoms with E-state index in [0.29, 0.717) is 17.4 Å². The summed E-state index contributed by atoms with van der Waals surface area (Å²) >= 11 is 0. The summed E-state index contributed by atoms with van der Waals surface area (Å²) in [7, 11) is 0. The third kappa shape index (κ3) is 1.38. The SMILES string of the molecule is Cc1oc2c(c1N)N(C(C)C)c1ccccc1O2. The number of benzene rings is 1. The number of ether oxygens (including phenoxy) is 1. The number of fused-ring (bicyclic) bond motifs is 2. The summed E-state index contributed by atoms with van der Waals surface area (Å²) in [6.45, 7) is 6.08. The molecule has 1 aliphatic heterocycles. The summed E-state index contributed by atoms with van der Waals surface area (Å²) in [5.41, 5.74) is 8.60. The fraction of sp³-hybridized carbons (Fsp3) is 0.286. The third-order valence-corrected chi connectivity index (χ3v) is 3.16. The van der Waals surface area contributed by atoms with E-state index in [1.807, 2.05) is 31.2 Å². The summed E-state index contributed by atoms with van der Waals surface area (Å²) in [6, 6.07) is 8.17. The molecule has 0 fully saturated rings. The molecule has 0 amide bonds. The highest BCUT2D eigenvalue weighted by Gasteiger charge is 2.32. The molecule has 0 radical (unpaired) electrons. The Morgan fingerprint density at radius 2 is 1.94 bits per heavy atom. The standard InChI is InChI=1S/C14H16N2O2/c1-8(2)16-10-6-4-5-7-11(10)18-14-13(16)12(15)9(3)17-14/h4-8H,15H2,1-3H3. The van der Waals surface area contributed by atoms with Crippen molar-refractivity contribution in [2.24, 2.45) is 0 Å². The summed E-state index contributed by atoms with van der Waals surface area (Å²) in [5, 5.41) is 0. The molecular formula is C14H16N2O2. The van der Waals surface area contributed by atoms with Gasteiger partial charge in [-0.05, 0) is 32.9 Å². The molecule has 0 saturated heterocycles. The van der Waals surface area contributed by atoms with Gasteiger partial charge in [0.2, 0.25) is 0 Å². The average molecular weight is 244 g/mol. The first-order chi connectivity index (χ1) is 8.59. The summed E-state index contributed by atoms with van der Waals surface area (Å²) in [5.74, 6) is 1.98. The van der Waals surface area contributed by atoms with Crippen molar-refractivity contribution in [3.63, 3.8) is 0 Å². The molecule has 1 aliphatic rings. The van der Waals surface area contributed by atoms with Crippen LogP contribution in [0.1, 0.15) is 19.6 Å². The van der Waals surface area contributed by atoms with Crippen LogP contribution in [0.4, 0.5) is 17.1 Å². The monoisotopic (exact) mass is 244 g/mol. The van der Waals surface area contributed by atoms with E-state index in [4.69, 9.17) is 14.9 Å². The number of aryl methyl sites for hydroxylation is 1. The molecule has 0 bridgehead atoms. The van der Waals surface area contributed by atoms with Crippen LogP contribution in [-0.4, -0.2) is 6.04 Å². The lowest BCUT2D eigenvalue weighted by Crippen LogP contribution is -2.28. The molecule has 4 heteroatoms. The van der Waals surface area contributed by atoms with Crippen LogP contribution in [0.3, 0.4) is 0 Å². The zero-order valence-electron chi connectivity index (χ0n) is 10.7. The molecule has 2 heterocycles. The molecule has 4 nitrogen and oxygen atoms in total. The number of nitrogen functional groups attached to an aromatic ring is 1. The van der Waals surface area contributed by atoms with Crippen molar-refractivity contribution in [2.75, 3.05) is 10.6 Å². The van der Waals surface area contributed by atoms with E-state index in [9.17, 15) is 0 Å². The minimum absolute atomic E-state index is 0.271. The summed E-state index contributed by atoms with van der Waals surface area (Å²) < 4.78 is 11.4. The van der Waals surface area contributed by atoms with Crippen molar-refractivity contribution in [3.05, 3.63) is 30.0 Å². The Kier molecular flexibility index (Phi) is 2.26. The molecule has 1 aromatic heterocycles. The number of hydrogen-bond acceptors (Lipinski definition) is 4. The zero-order valence-corrected chi connectivity index (χ0v) is 10.7. The van der Waals surface area contributed by atoms with Crippen LogP contribution in [0.25, 0.3) is 0 Å². The first-order valence-electron chi connectivity index (χ1n) is 6.04. The fourth-order valence-corrected chi connectivity index (χ4v) is 2.32. The van der Waals surface area contributed by atoms with Crippen LogP contribution in [0, 0.1) is 6.92 Å². The highest BCUT2D eigenvalue weighted by molar-refractivity contribution is 5.85. The third-order valence-electron chi connectivity index (χ3n) is 3.16. The number of rotatable bonds is 1. The Morgan fingerprint density at radius 3 is 2.67 bits per heavy atom. The van der Waals surface area contributed by atoms with Crippen LogP contribution in [0.5, 0.6) is 11.7 Å². The summed E-state index contributed by atoms with van der Waals surface area (Å²) in [6.07, 6.45) is 0. The van der Waals surface area contributed by atoms with E-state index in [-0.39, 0.29) is 6.04 Å². The maximum absolute atomic E-state index is 6.09. The van der Waals surface area contributed by atoms with Gasteiger partial charge in [0.1, 0.15) is 11.4 Å². The lowest BCUT2D eigenvalue weighted by Gasteiger charge is -2.33. The van der Waals surface area contributed by atoms with Gasteiger partial charge < -0.3 is 19.8 Å². The van der Waals surface area contributed by atoms with Crippen LogP contribution in [0.2, 0.25) is 0 Å². The number of anilines is 3.